The second-order valence-corrected chi connectivity index (χ2v) is 5.40. The van der Waals surface area contributed by atoms with Gasteiger partial charge in [0, 0.05) is 22.3 Å². The van der Waals surface area contributed by atoms with Crippen LogP contribution in [0.25, 0.3) is 10.8 Å². The lowest BCUT2D eigenvalue weighted by molar-refractivity contribution is 0.297. The minimum Gasteiger partial charge on any atom is -0.492 e. The van der Waals surface area contributed by atoms with Crippen LogP contribution in [0.2, 0.25) is 5.02 Å². The van der Waals surface area contributed by atoms with Gasteiger partial charge in [0.25, 0.3) is 5.56 Å². The standard InChI is InChI=1S/C17H15ClN2O2/c18-13-2-1-12-7-8-20(17(21)16(12)11-13)9-10-22-15-5-3-14(19)4-6-15/h1-8,11H,9-10,19H2. The summed E-state index contributed by atoms with van der Waals surface area (Å²) in [6.07, 6.45) is 1.77. The molecule has 22 heavy (non-hydrogen) atoms. The van der Waals surface area contributed by atoms with E-state index >= 15 is 0 Å². The second-order valence-electron chi connectivity index (χ2n) is 4.96. The van der Waals surface area contributed by atoms with Crippen molar-refractivity contribution in [2.24, 2.45) is 0 Å². The Morgan fingerprint density at radius 1 is 1.09 bits per heavy atom. The van der Waals surface area contributed by atoms with Gasteiger partial charge in [-0.25, -0.2) is 0 Å². The number of benzene rings is 2. The number of halogens is 1. The zero-order valence-corrected chi connectivity index (χ0v) is 12.6. The molecule has 0 saturated heterocycles. The molecule has 0 fully saturated rings. The molecule has 1 aromatic heterocycles. The van der Waals surface area contributed by atoms with E-state index in [1.54, 1.807) is 47.2 Å². The predicted octanol–water partition coefficient (Wildman–Crippen LogP) is 3.32. The summed E-state index contributed by atoms with van der Waals surface area (Å²) in [5, 5.41) is 2.05. The molecule has 0 atom stereocenters. The van der Waals surface area contributed by atoms with Crippen LogP contribution in [0.4, 0.5) is 5.69 Å². The van der Waals surface area contributed by atoms with Gasteiger partial charge in [-0.15, -0.1) is 0 Å². The Morgan fingerprint density at radius 3 is 2.64 bits per heavy atom. The minimum atomic E-state index is -0.0686. The maximum absolute atomic E-state index is 12.4. The molecular formula is C17H15ClN2O2. The molecule has 0 radical (unpaired) electrons. The van der Waals surface area contributed by atoms with E-state index in [2.05, 4.69) is 0 Å². The number of nitrogen functional groups attached to an aromatic ring is 1. The van der Waals surface area contributed by atoms with Crippen molar-refractivity contribution in [1.29, 1.82) is 0 Å². The lowest BCUT2D eigenvalue weighted by Crippen LogP contribution is -2.22. The number of pyridine rings is 1. The second kappa shape index (κ2) is 6.12. The van der Waals surface area contributed by atoms with Crippen LogP contribution < -0.4 is 16.0 Å². The topological polar surface area (TPSA) is 57.2 Å². The molecule has 2 N–H and O–H groups in total. The van der Waals surface area contributed by atoms with Crippen molar-refractivity contribution in [2.75, 3.05) is 12.3 Å². The number of hydrogen-bond donors (Lipinski definition) is 1. The molecule has 0 bridgehead atoms. The van der Waals surface area contributed by atoms with Gasteiger partial charge in [-0.3, -0.25) is 4.79 Å². The number of nitrogens with zero attached hydrogens (tertiary/aromatic N) is 1. The SMILES string of the molecule is Nc1ccc(OCCn2ccc3ccc(Cl)cc3c2=O)cc1. The van der Waals surface area contributed by atoms with Gasteiger partial charge in [0.15, 0.2) is 0 Å². The summed E-state index contributed by atoms with van der Waals surface area (Å²) >= 11 is 5.96. The third-order valence-corrected chi connectivity index (χ3v) is 3.66. The van der Waals surface area contributed by atoms with Gasteiger partial charge in [-0.05, 0) is 47.9 Å². The van der Waals surface area contributed by atoms with E-state index in [9.17, 15) is 4.79 Å². The monoisotopic (exact) mass is 314 g/mol. The Labute approximate surface area is 132 Å². The third kappa shape index (κ3) is 3.07. The van der Waals surface area contributed by atoms with Crippen LogP contribution in [0, 0.1) is 0 Å². The van der Waals surface area contributed by atoms with Gasteiger partial charge in [-0.1, -0.05) is 17.7 Å². The van der Waals surface area contributed by atoms with Gasteiger partial charge in [0.05, 0.1) is 6.54 Å². The van der Waals surface area contributed by atoms with Crippen molar-refractivity contribution in [3.63, 3.8) is 0 Å². The van der Waals surface area contributed by atoms with Crippen molar-refractivity contribution in [2.45, 2.75) is 6.54 Å². The largest absolute Gasteiger partial charge is 0.492 e. The first-order valence-electron chi connectivity index (χ1n) is 6.90. The molecule has 0 amide bonds. The average molecular weight is 315 g/mol. The summed E-state index contributed by atoms with van der Waals surface area (Å²) in [6.45, 7) is 0.863. The maximum Gasteiger partial charge on any atom is 0.258 e. The smallest absolute Gasteiger partial charge is 0.258 e. The summed E-state index contributed by atoms with van der Waals surface area (Å²) in [7, 11) is 0. The van der Waals surface area contributed by atoms with Crippen molar-refractivity contribution in [3.05, 3.63) is 70.1 Å². The number of aromatic nitrogens is 1. The van der Waals surface area contributed by atoms with Crippen molar-refractivity contribution in [3.8, 4) is 5.75 Å². The van der Waals surface area contributed by atoms with Crippen LogP contribution in [0.15, 0.2) is 59.5 Å². The number of rotatable bonds is 4. The lowest BCUT2D eigenvalue weighted by Gasteiger charge is -2.09. The van der Waals surface area contributed by atoms with Gasteiger partial charge < -0.3 is 15.0 Å². The van der Waals surface area contributed by atoms with Gasteiger partial charge in [0.1, 0.15) is 12.4 Å². The molecule has 3 rings (SSSR count). The molecule has 0 saturated carbocycles. The Bertz CT molecular complexity index is 857. The molecule has 0 aliphatic carbocycles. The quantitative estimate of drug-likeness (QED) is 0.752. The number of hydrogen-bond acceptors (Lipinski definition) is 3. The summed E-state index contributed by atoms with van der Waals surface area (Å²) in [5.41, 5.74) is 6.24. The number of anilines is 1. The highest BCUT2D eigenvalue weighted by Crippen LogP contribution is 2.16. The van der Waals surface area contributed by atoms with E-state index < -0.39 is 0 Å². The van der Waals surface area contributed by atoms with E-state index in [4.69, 9.17) is 22.1 Å². The Kier molecular flexibility index (Phi) is 4.02. The first kappa shape index (κ1) is 14.5. The van der Waals surface area contributed by atoms with Gasteiger partial charge in [0.2, 0.25) is 0 Å². The fourth-order valence-electron chi connectivity index (χ4n) is 2.25. The van der Waals surface area contributed by atoms with Crippen LogP contribution >= 0.6 is 11.6 Å². The minimum absolute atomic E-state index is 0.0686. The highest BCUT2D eigenvalue weighted by atomic mass is 35.5. The average Bonchev–Trinajstić information content (AvgIpc) is 2.52. The molecule has 3 aromatic rings. The van der Waals surface area contributed by atoms with Crippen molar-refractivity contribution >= 4 is 28.1 Å². The normalized spacial score (nSPS) is 10.8. The van der Waals surface area contributed by atoms with Crippen LogP contribution in [0.1, 0.15) is 0 Å². The Balaban J connectivity index is 1.75. The molecule has 4 nitrogen and oxygen atoms in total. The van der Waals surface area contributed by atoms with Crippen LogP contribution in [0.5, 0.6) is 5.75 Å². The molecule has 1 heterocycles. The van der Waals surface area contributed by atoms with E-state index in [1.807, 2.05) is 12.1 Å². The third-order valence-electron chi connectivity index (χ3n) is 3.42. The molecule has 0 aliphatic rings. The van der Waals surface area contributed by atoms with E-state index in [0.29, 0.717) is 29.2 Å². The Morgan fingerprint density at radius 2 is 1.86 bits per heavy atom. The predicted molar refractivity (Wildman–Crippen MR) is 89.6 cm³/mol. The zero-order valence-electron chi connectivity index (χ0n) is 11.8. The molecular weight excluding hydrogens is 300 g/mol. The molecule has 0 unspecified atom stereocenters. The van der Waals surface area contributed by atoms with E-state index in [-0.39, 0.29) is 5.56 Å². The van der Waals surface area contributed by atoms with Crippen LogP contribution in [-0.4, -0.2) is 11.2 Å². The summed E-state index contributed by atoms with van der Waals surface area (Å²) < 4.78 is 7.24. The molecule has 2 aromatic carbocycles. The van der Waals surface area contributed by atoms with Crippen molar-refractivity contribution in [1.82, 2.24) is 4.57 Å². The fourth-order valence-corrected chi connectivity index (χ4v) is 2.43. The highest BCUT2D eigenvalue weighted by molar-refractivity contribution is 6.31. The molecule has 0 spiro atoms. The Hall–Kier alpha value is -2.46. The molecule has 0 aliphatic heterocycles. The van der Waals surface area contributed by atoms with Gasteiger partial charge in [-0.2, -0.15) is 0 Å². The number of ether oxygens (including phenoxy) is 1. The van der Waals surface area contributed by atoms with Gasteiger partial charge >= 0.3 is 0 Å². The first-order valence-corrected chi connectivity index (χ1v) is 7.28. The highest BCUT2D eigenvalue weighted by Gasteiger charge is 2.04. The first-order chi connectivity index (χ1) is 10.6. The fraction of sp³-hybridized carbons (Fsp3) is 0.118. The van der Waals surface area contributed by atoms with E-state index in [1.165, 1.54) is 0 Å². The number of nitrogens with two attached hydrogens (primary N) is 1. The lowest BCUT2D eigenvalue weighted by atomic mass is 10.2. The summed E-state index contributed by atoms with van der Waals surface area (Å²) in [4.78, 5) is 12.4. The van der Waals surface area contributed by atoms with Crippen LogP contribution in [0.3, 0.4) is 0 Å². The number of fused-ring (bicyclic) bond motifs is 1. The van der Waals surface area contributed by atoms with E-state index in [0.717, 1.165) is 11.1 Å². The van der Waals surface area contributed by atoms with Crippen LogP contribution in [-0.2, 0) is 6.54 Å². The molecule has 5 heteroatoms. The maximum atomic E-state index is 12.4. The summed E-state index contributed by atoms with van der Waals surface area (Å²) in [6, 6.07) is 14.4. The van der Waals surface area contributed by atoms with Crippen molar-refractivity contribution < 1.29 is 4.74 Å². The molecule has 112 valence electrons. The zero-order chi connectivity index (χ0) is 15.5. The summed E-state index contributed by atoms with van der Waals surface area (Å²) in [5.74, 6) is 0.728.